The Hall–Kier alpha value is -0.670. The molecular weight excluding hydrogens is 191 g/mol. The Kier molecular flexibility index (Phi) is 3.45. The number of alkyl halides is 3. The summed E-state index contributed by atoms with van der Waals surface area (Å²) in [4.78, 5) is 1.43. The van der Waals surface area contributed by atoms with E-state index in [0.29, 0.717) is 25.4 Å². The van der Waals surface area contributed by atoms with Gasteiger partial charge >= 0.3 is 6.18 Å². The molecule has 0 fully saturated rings. The van der Waals surface area contributed by atoms with E-state index in [2.05, 4.69) is 0 Å². The predicted octanol–water partition coefficient (Wildman–Crippen LogP) is 3.18. The molecule has 0 unspecified atom stereocenters. The van der Waals surface area contributed by atoms with E-state index in [1.807, 2.05) is 6.92 Å². The lowest BCUT2D eigenvalue weighted by Crippen LogP contribution is -2.38. The standard InChI is InChI=1S/C10H16F3N/c1-3-8-5-6-9(10(11,12)13)14(4-2)7-8/h6,8H,3-5,7H2,1-2H3/t8-/m1/s1. The third-order valence-electron chi connectivity index (χ3n) is 2.71. The second-order valence-corrected chi connectivity index (χ2v) is 3.64. The average molecular weight is 207 g/mol. The SMILES string of the molecule is CC[C@@H]1CC=C(C(F)(F)F)N(CC)C1. The number of hydrogen-bond acceptors (Lipinski definition) is 1. The largest absolute Gasteiger partial charge is 0.430 e. The van der Waals surface area contributed by atoms with Gasteiger partial charge in [-0.05, 0) is 19.3 Å². The first kappa shape index (κ1) is 11.4. The van der Waals surface area contributed by atoms with Crippen LogP contribution in [0.1, 0.15) is 26.7 Å². The van der Waals surface area contributed by atoms with Crippen LogP contribution in [-0.4, -0.2) is 24.2 Å². The molecule has 4 heteroatoms. The zero-order valence-corrected chi connectivity index (χ0v) is 8.56. The molecule has 1 nitrogen and oxygen atoms in total. The van der Waals surface area contributed by atoms with Gasteiger partial charge in [0.15, 0.2) is 0 Å². The smallest absolute Gasteiger partial charge is 0.368 e. The molecule has 1 aliphatic heterocycles. The van der Waals surface area contributed by atoms with Gasteiger partial charge in [-0.2, -0.15) is 13.2 Å². The molecule has 0 radical (unpaired) electrons. The quantitative estimate of drug-likeness (QED) is 0.672. The van der Waals surface area contributed by atoms with Gasteiger partial charge in [-0.25, -0.2) is 0 Å². The second-order valence-electron chi connectivity index (χ2n) is 3.64. The third-order valence-corrected chi connectivity index (χ3v) is 2.71. The highest BCUT2D eigenvalue weighted by molar-refractivity contribution is 5.11. The molecule has 0 amide bonds. The molecule has 0 aliphatic carbocycles. The highest BCUT2D eigenvalue weighted by Crippen LogP contribution is 2.33. The van der Waals surface area contributed by atoms with E-state index in [4.69, 9.17) is 0 Å². The Morgan fingerprint density at radius 3 is 2.50 bits per heavy atom. The van der Waals surface area contributed by atoms with E-state index in [0.717, 1.165) is 6.42 Å². The highest BCUT2D eigenvalue weighted by Gasteiger charge is 2.39. The summed E-state index contributed by atoms with van der Waals surface area (Å²) in [5.41, 5.74) is -0.454. The minimum atomic E-state index is -4.19. The van der Waals surface area contributed by atoms with Gasteiger partial charge in [0, 0.05) is 13.1 Å². The van der Waals surface area contributed by atoms with E-state index in [-0.39, 0.29) is 0 Å². The Morgan fingerprint density at radius 2 is 2.07 bits per heavy atom. The maximum Gasteiger partial charge on any atom is 0.430 e. The summed E-state index contributed by atoms with van der Waals surface area (Å²) in [6.45, 7) is 4.75. The molecule has 82 valence electrons. The molecule has 0 aromatic carbocycles. The normalized spacial score (nSPS) is 23.6. The van der Waals surface area contributed by atoms with Crippen LogP contribution in [-0.2, 0) is 0 Å². The van der Waals surface area contributed by atoms with Crippen LogP contribution in [0.2, 0.25) is 0 Å². The Morgan fingerprint density at radius 1 is 1.43 bits per heavy atom. The topological polar surface area (TPSA) is 3.24 Å². The van der Waals surface area contributed by atoms with Gasteiger partial charge in [0.25, 0.3) is 0 Å². The molecule has 0 spiro atoms. The highest BCUT2D eigenvalue weighted by atomic mass is 19.4. The average Bonchev–Trinajstić information content (AvgIpc) is 2.15. The lowest BCUT2D eigenvalue weighted by molar-refractivity contribution is -0.114. The maximum absolute atomic E-state index is 12.5. The molecule has 0 aromatic rings. The van der Waals surface area contributed by atoms with Crippen molar-refractivity contribution in [3.63, 3.8) is 0 Å². The lowest BCUT2D eigenvalue weighted by Gasteiger charge is -2.34. The minimum Gasteiger partial charge on any atom is -0.368 e. The summed E-state index contributed by atoms with van der Waals surface area (Å²) in [5.74, 6) is 0.376. The van der Waals surface area contributed by atoms with Gasteiger partial charge < -0.3 is 4.90 Å². The van der Waals surface area contributed by atoms with Crippen LogP contribution < -0.4 is 0 Å². The Balaban J connectivity index is 2.79. The van der Waals surface area contributed by atoms with E-state index in [1.165, 1.54) is 11.0 Å². The van der Waals surface area contributed by atoms with Crippen LogP contribution in [0.25, 0.3) is 0 Å². The molecule has 1 atom stereocenters. The number of rotatable bonds is 2. The van der Waals surface area contributed by atoms with Crippen molar-refractivity contribution in [3.05, 3.63) is 11.8 Å². The van der Waals surface area contributed by atoms with Crippen molar-refractivity contribution in [2.75, 3.05) is 13.1 Å². The first-order valence-electron chi connectivity index (χ1n) is 5.01. The lowest BCUT2D eigenvalue weighted by atomic mass is 9.97. The van der Waals surface area contributed by atoms with Crippen molar-refractivity contribution >= 4 is 0 Å². The summed E-state index contributed by atoms with van der Waals surface area (Å²) in [6, 6.07) is 0. The van der Waals surface area contributed by atoms with Gasteiger partial charge in [-0.15, -0.1) is 0 Å². The van der Waals surface area contributed by atoms with Crippen molar-refractivity contribution < 1.29 is 13.2 Å². The van der Waals surface area contributed by atoms with Gasteiger partial charge in [0.05, 0.1) is 0 Å². The van der Waals surface area contributed by atoms with E-state index in [1.54, 1.807) is 6.92 Å². The number of nitrogens with zero attached hydrogens (tertiary/aromatic N) is 1. The fraction of sp³-hybridized carbons (Fsp3) is 0.800. The van der Waals surface area contributed by atoms with Crippen LogP contribution >= 0.6 is 0 Å². The maximum atomic E-state index is 12.5. The van der Waals surface area contributed by atoms with Crippen LogP contribution in [0.5, 0.6) is 0 Å². The van der Waals surface area contributed by atoms with Gasteiger partial charge in [0.1, 0.15) is 5.70 Å². The summed E-state index contributed by atoms with van der Waals surface area (Å²) in [7, 11) is 0. The van der Waals surface area contributed by atoms with Gasteiger partial charge in [0.2, 0.25) is 0 Å². The van der Waals surface area contributed by atoms with Crippen LogP contribution in [0.4, 0.5) is 13.2 Å². The second kappa shape index (κ2) is 4.24. The minimum absolute atomic E-state index is 0.376. The zero-order chi connectivity index (χ0) is 10.8. The number of halogens is 3. The van der Waals surface area contributed by atoms with Gasteiger partial charge in [-0.3, -0.25) is 0 Å². The first-order valence-corrected chi connectivity index (χ1v) is 5.01. The number of allylic oxidation sites excluding steroid dienone is 2. The summed E-state index contributed by atoms with van der Waals surface area (Å²) in [5, 5.41) is 0. The van der Waals surface area contributed by atoms with Crippen LogP contribution in [0, 0.1) is 5.92 Å². The van der Waals surface area contributed by atoms with Crippen LogP contribution in [0.15, 0.2) is 11.8 Å². The molecule has 0 saturated heterocycles. The van der Waals surface area contributed by atoms with Crippen molar-refractivity contribution in [3.8, 4) is 0 Å². The van der Waals surface area contributed by atoms with Crippen molar-refractivity contribution in [1.29, 1.82) is 0 Å². The van der Waals surface area contributed by atoms with Crippen LogP contribution in [0.3, 0.4) is 0 Å². The molecule has 1 aliphatic rings. The first-order chi connectivity index (χ1) is 6.49. The zero-order valence-electron chi connectivity index (χ0n) is 8.56. The summed E-state index contributed by atoms with van der Waals surface area (Å²) < 4.78 is 37.5. The molecule has 1 heterocycles. The summed E-state index contributed by atoms with van der Waals surface area (Å²) >= 11 is 0. The Bertz CT molecular complexity index is 220. The fourth-order valence-corrected chi connectivity index (χ4v) is 1.78. The predicted molar refractivity (Wildman–Crippen MR) is 49.8 cm³/mol. The van der Waals surface area contributed by atoms with Gasteiger partial charge in [-0.1, -0.05) is 19.4 Å². The van der Waals surface area contributed by atoms with Crippen molar-refractivity contribution in [1.82, 2.24) is 4.90 Å². The Labute approximate surface area is 82.6 Å². The van der Waals surface area contributed by atoms with E-state index >= 15 is 0 Å². The fourth-order valence-electron chi connectivity index (χ4n) is 1.78. The molecular formula is C10H16F3N. The van der Waals surface area contributed by atoms with Crippen molar-refractivity contribution in [2.24, 2.45) is 5.92 Å². The molecule has 0 N–H and O–H groups in total. The summed E-state index contributed by atoms with van der Waals surface area (Å²) in [6.07, 6.45) is -1.35. The molecule has 0 bridgehead atoms. The molecule has 1 rings (SSSR count). The van der Waals surface area contributed by atoms with E-state index < -0.39 is 11.9 Å². The van der Waals surface area contributed by atoms with Crippen molar-refractivity contribution in [2.45, 2.75) is 32.9 Å². The third kappa shape index (κ3) is 2.42. The molecule has 0 saturated carbocycles. The van der Waals surface area contributed by atoms with E-state index in [9.17, 15) is 13.2 Å². The monoisotopic (exact) mass is 207 g/mol. The molecule has 14 heavy (non-hydrogen) atoms. The number of hydrogen-bond donors (Lipinski definition) is 0. The molecule has 0 aromatic heterocycles.